The lowest BCUT2D eigenvalue weighted by Gasteiger charge is -2.40. The summed E-state index contributed by atoms with van der Waals surface area (Å²) in [5.74, 6) is 0.0683. The summed E-state index contributed by atoms with van der Waals surface area (Å²) in [4.78, 5) is 12.8. The van der Waals surface area contributed by atoms with Crippen molar-refractivity contribution in [1.82, 2.24) is 5.32 Å². The standard InChI is InChI=1S/C20H23BrN2O3S/c1-2-14-22-19(24)20(12-3-13-20)15-4-8-17(9-5-15)23-27(25,26)18-10-6-16(21)7-11-18/h4-11,23H,2-3,12-14H2,1H3,(H,22,24). The van der Waals surface area contributed by atoms with E-state index in [2.05, 4.69) is 26.0 Å². The third-order valence-corrected chi connectivity index (χ3v) is 6.92. The van der Waals surface area contributed by atoms with Gasteiger partial charge in [-0.05, 0) is 61.2 Å². The van der Waals surface area contributed by atoms with Gasteiger partial charge in [-0.15, -0.1) is 0 Å². The first-order valence-electron chi connectivity index (χ1n) is 9.05. The molecule has 1 aliphatic rings. The van der Waals surface area contributed by atoms with Gasteiger partial charge in [0.25, 0.3) is 10.0 Å². The fraction of sp³-hybridized carbons (Fsp3) is 0.350. The van der Waals surface area contributed by atoms with E-state index in [0.717, 1.165) is 35.7 Å². The van der Waals surface area contributed by atoms with Crippen LogP contribution in [-0.2, 0) is 20.2 Å². The number of hydrogen-bond acceptors (Lipinski definition) is 3. The molecule has 0 aliphatic heterocycles. The van der Waals surface area contributed by atoms with E-state index in [1.165, 1.54) is 0 Å². The second kappa shape index (κ2) is 8.02. The maximum absolute atomic E-state index is 12.6. The smallest absolute Gasteiger partial charge is 0.261 e. The van der Waals surface area contributed by atoms with Crippen LogP contribution in [0.1, 0.15) is 38.2 Å². The van der Waals surface area contributed by atoms with Crippen molar-refractivity contribution in [2.24, 2.45) is 0 Å². The molecule has 0 atom stereocenters. The SMILES string of the molecule is CCCNC(=O)C1(c2ccc(NS(=O)(=O)c3ccc(Br)cc3)cc2)CCC1. The van der Waals surface area contributed by atoms with Crippen molar-refractivity contribution < 1.29 is 13.2 Å². The van der Waals surface area contributed by atoms with Gasteiger partial charge in [0.05, 0.1) is 10.3 Å². The van der Waals surface area contributed by atoms with Gasteiger partial charge in [-0.2, -0.15) is 0 Å². The molecule has 0 bridgehead atoms. The molecule has 0 unspecified atom stereocenters. The average Bonchev–Trinajstić information content (AvgIpc) is 2.60. The van der Waals surface area contributed by atoms with Gasteiger partial charge < -0.3 is 5.32 Å². The Morgan fingerprint density at radius 3 is 2.22 bits per heavy atom. The quantitative estimate of drug-likeness (QED) is 0.663. The highest BCUT2D eigenvalue weighted by atomic mass is 79.9. The fourth-order valence-electron chi connectivity index (χ4n) is 3.27. The van der Waals surface area contributed by atoms with E-state index in [-0.39, 0.29) is 10.8 Å². The fourth-order valence-corrected chi connectivity index (χ4v) is 4.59. The van der Waals surface area contributed by atoms with Crippen molar-refractivity contribution in [3.63, 3.8) is 0 Å². The van der Waals surface area contributed by atoms with Gasteiger partial charge in [0, 0.05) is 16.7 Å². The highest BCUT2D eigenvalue weighted by molar-refractivity contribution is 9.10. The molecule has 2 aromatic carbocycles. The molecule has 0 aromatic heterocycles. The molecule has 1 saturated carbocycles. The zero-order valence-electron chi connectivity index (χ0n) is 15.2. The number of nitrogens with one attached hydrogen (secondary N) is 2. The van der Waals surface area contributed by atoms with Crippen LogP contribution in [0.25, 0.3) is 0 Å². The Morgan fingerprint density at radius 1 is 1.07 bits per heavy atom. The highest BCUT2D eigenvalue weighted by Gasteiger charge is 2.45. The summed E-state index contributed by atoms with van der Waals surface area (Å²) in [5.41, 5.74) is 0.942. The van der Waals surface area contributed by atoms with Gasteiger partial charge in [-0.25, -0.2) is 8.42 Å². The van der Waals surface area contributed by atoms with Crippen LogP contribution in [0, 0.1) is 0 Å². The van der Waals surface area contributed by atoms with Crippen molar-refractivity contribution in [3.05, 3.63) is 58.6 Å². The second-order valence-electron chi connectivity index (χ2n) is 6.83. The van der Waals surface area contributed by atoms with E-state index in [4.69, 9.17) is 0 Å². The Bertz CT molecular complexity index is 905. The molecule has 0 radical (unpaired) electrons. The molecule has 2 aromatic rings. The van der Waals surface area contributed by atoms with Crippen molar-refractivity contribution >= 4 is 37.5 Å². The molecule has 1 amide bonds. The molecule has 2 N–H and O–H groups in total. The Labute approximate surface area is 168 Å². The Balaban J connectivity index is 1.77. The molecule has 3 rings (SSSR count). The Hall–Kier alpha value is -1.86. The summed E-state index contributed by atoms with van der Waals surface area (Å²) in [6.07, 6.45) is 3.58. The minimum Gasteiger partial charge on any atom is -0.355 e. The van der Waals surface area contributed by atoms with Gasteiger partial charge in [0.2, 0.25) is 5.91 Å². The number of sulfonamides is 1. The van der Waals surface area contributed by atoms with Crippen LogP contribution < -0.4 is 10.0 Å². The van der Waals surface area contributed by atoms with Crippen LogP contribution in [0.2, 0.25) is 0 Å². The molecule has 1 fully saturated rings. The van der Waals surface area contributed by atoms with E-state index in [1.807, 2.05) is 19.1 Å². The zero-order chi connectivity index (χ0) is 19.5. The van der Waals surface area contributed by atoms with Crippen LogP contribution in [0.3, 0.4) is 0 Å². The number of rotatable bonds is 7. The van der Waals surface area contributed by atoms with Crippen LogP contribution >= 0.6 is 15.9 Å². The number of benzene rings is 2. The zero-order valence-corrected chi connectivity index (χ0v) is 17.6. The lowest BCUT2D eigenvalue weighted by molar-refractivity contribution is -0.129. The van der Waals surface area contributed by atoms with Gasteiger partial charge in [0.15, 0.2) is 0 Å². The normalized spacial score (nSPS) is 15.6. The summed E-state index contributed by atoms with van der Waals surface area (Å²) >= 11 is 3.30. The first kappa shape index (κ1) is 19.9. The average molecular weight is 451 g/mol. The predicted molar refractivity (Wildman–Crippen MR) is 110 cm³/mol. The first-order chi connectivity index (χ1) is 12.9. The molecular formula is C20H23BrN2O3S. The lowest BCUT2D eigenvalue weighted by atomic mass is 9.64. The Morgan fingerprint density at radius 2 is 1.70 bits per heavy atom. The molecule has 1 aliphatic carbocycles. The number of anilines is 1. The van der Waals surface area contributed by atoms with E-state index in [1.54, 1.807) is 36.4 Å². The molecule has 7 heteroatoms. The molecular weight excluding hydrogens is 428 g/mol. The van der Waals surface area contributed by atoms with Crippen LogP contribution in [-0.4, -0.2) is 20.9 Å². The van der Waals surface area contributed by atoms with Crippen LogP contribution in [0.4, 0.5) is 5.69 Å². The first-order valence-corrected chi connectivity index (χ1v) is 11.3. The number of halogens is 1. The summed E-state index contributed by atoms with van der Waals surface area (Å²) in [5, 5.41) is 3.00. The number of hydrogen-bond donors (Lipinski definition) is 2. The van der Waals surface area contributed by atoms with Gasteiger partial charge in [0.1, 0.15) is 0 Å². The summed E-state index contributed by atoms with van der Waals surface area (Å²) in [7, 11) is -3.65. The molecule has 27 heavy (non-hydrogen) atoms. The van der Waals surface area contributed by atoms with Crippen molar-refractivity contribution in [1.29, 1.82) is 0 Å². The van der Waals surface area contributed by atoms with E-state index in [9.17, 15) is 13.2 Å². The minimum absolute atomic E-state index is 0.0683. The lowest BCUT2D eigenvalue weighted by Crippen LogP contribution is -2.49. The van der Waals surface area contributed by atoms with Gasteiger partial charge in [-0.3, -0.25) is 9.52 Å². The summed E-state index contributed by atoms with van der Waals surface area (Å²) in [6.45, 7) is 2.70. The van der Waals surface area contributed by atoms with E-state index in [0.29, 0.717) is 12.2 Å². The van der Waals surface area contributed by atoms with Crippen LogP contribution in [0.5, 0.6) is 0 Å². The highest BCUT2D eigenvalue weighted by Crippen LogP contribution is 2.44. The van der Waals surface area contributed by atoms with Gasteiger partial charge in [-0.1, -0.05) is 41.4 Å². The molecule has 144 valence electrons. The third-order valence-electron chi connectivity index (χ3n) is 4.99. The summed E-state index contributed by atoms with van der Waals surface area (Å²) < 4.78 is 28.4. The van der Waals surface area contributed by atoms with Crippen molar-refractivity contribution in [2.75, 3.05) is 11.3 Å². The topological polar surface area (TPSA) is 75.3 Å². The number of carbonyl (C=O) groups excluding carboxylic acids is 1. The predicted octanol–water partition coefficient (Wildman–Crippen LogP) is 4.20. The molecule has 5 nitrogen and oxygen atoms in total. The molecule has 0 saturated heterocycles. The minimum atomic E-state index is -3.65. The number of amides is 1. The molecule has 0 spiro atoms. The van der Waals surface area contributed by atoms with E-state index >= 15 is 0 Å². The second-order valence-corrected chi connectivity index (χ2v) is 9.43. The largest absolute Gasteiger partial charge is 0.355 e. The van der Waals surface area contributed by atoms with Gasteiger partial charge >= 0.3 is 0 Å². The van der Waals surface area contributed by atoms with Crippen molar-refractivity contribution in [2.45, 2.75) is 42.9 Å². The van der Waals surface area contributed by atoms with Crippen LogP contribution in [0.15, 0.2) is 57.9 Å². The summed E-state index contributed by atoms with van der Waals surface area (Å²) in [6, 6.07) is 13.6. The van der Waals surface area contributed by atoms with Crippen molar-refractivity contribution in [3.8, 4) is 0 Å². The molecule has 0 heterocycles. The number of carbonyl (C=O) groups is 1. The maximum Gasteiger partial charge on any atom is 0.261 e. The van der Waals surface area contributed by atoms with E-state index < -0.39 is 15.4 Å². The maximum atomic E-state index is 12.6. The Kier molecular flexibility index (Phi) is 5.91. The monoisotopic (exact) mass is 450 g/mol. The third kappa shape index (κ3) is 4.19.